The molecule has 1 aliphatic rings. The molecule has 178 valence electrons. The van der Waals surface area contributed by atoms with E-state index in [2.05, 4.69) is 10.2 Å². The molecule has 1 saturated heterocycles. The lowest BCUT2D eigenvalue weighted by Gasteiger charge is -2.34. The maximum Gasteiger partial charge on any atom is 0.238 e. The molecule has 2 aromatic rings. The number of ether oxygens (including phenoxy) is 1. The number of rotatable bonds is 9. The van der Waals surface area contributed by atoms with E-state index < -0.39 is 10.0 Å². The highest BCUT2D eigenvalue weighted by Crippen LogP contribution is 2.15. The number of amides is 2. The van der Waals surface area contributed by atoms with Crippen molar-refractivity contribution in [3.05, 3.63) is 54.1 Å². The smallest absolute Gasteiger partial charge is 0.238 e. The summed E-state index contributed by atoms with van der Waals surface area (Å²) in [6.45, 7) is 3.35. The molecular weight excluding hydrogens is 444 g/mol. The van der Waals surface area contributed by atoms with Crippen molar-refractivity contribution in [2.45, 2.75) is 24.2 Å². The first-order valence-electron chi connectivity index (χ1n) is 10.8. The number of carbonyl (C=O) groups excluding carboxylic acids is 2. The lowest BCUT2D eigenvalue weighted by Crippen LogP contribution is -2.49. The Morgan fingerprint density at radius 1 is 0.970 bits per heavy atom. The molecule has 3 N–H and O–H groups in total. The van der Waals surface area contributed by atoms with Gasteiger partial charge in [-0.15, -0.1) is 0 Å². The van der Waals surface area contributed by atoms with Gasteiger partial charge in [-0.05, 0) is 48.4 Å². The molecule has 1 heterocycles. The van der Waals surface area contributed by atoms with Gasteiger partial charge >= 0.3 is 0 Å². The lowest BCUT2D eigenvalue weighted by atomic mass is 10.1. The van der Waals surface area contributed by atoms with Crippen molar-refractivity contribution in [1.82, 2.24) is 9.80 Å². The van der Waals surface area contributed by atoms with Crippen LogP contribution in [0, 0.1) is 0 Å². The van der Waals surface area contributed by atoms with Gasteiger partial charge in [0.1, 0.15) is 5.75 Å². The maximum absolute atomic E-state index is 12.5. The third-order valence-electron chi connectivity index (χ3n) is 5.63. The van der Waals surface area contributed by atoms with E-state index in [-0.39, 0.29) is 16.7 Å². The zero-order valence-corrected chi connectivity index (χ0v) is 19.5. The van der Waals surface area contributed by atoms with Gasteiger partial charge in [-0.1, -0.05) is 12.1 Å². The molecule has 33 heavy (non-hydrogen) atoms. The predicted octanol–water partition coefficient (Wildman–Crippen LogP) is 1.45. The summed E-state index contributed by atoms with van der Waals surface area (Å²) in [5.41, 5.74) is 1.62. The molecule has 0 saturated carbocycles. The van der Waals surface area contributed by atoms with Crippen LogP contribution in [0.2, 0.25) is 0 Å². The van der Waals surface area contributed by atoms with Crippen molar-refractivity contribution in [1.29, 1.82) is 0 Å². The minimum absolute atomic E-state index is 0.00286. The summed E-state index contributed by atoms with van der Waals surface area (Å²) in [5.74, 6) is 0.789. The van der Waals surface area contributed by atoms with Gasteiger partial charge in [0.15, 0.2) is 0 Å². The van der Waals surface area contributed by atoms with Crippen LogP contribution in [0.15, 0.2) is 53.4 Å². The number of benzene rings is 2. The fourth-order valence-corrected chi connectivity index (χ4v) is 4.15. The maximum atomic E-state index is 12.5. The van der Waals surface area contributed by atoms with E-state index in [9.17, 15) is 18.0 Å². The fraction of sp³-hybridized carbons (Fsp3) is 0.391. The quantitative estimate of drug-likeness (QED) is 0.567. The van der Waals surface area contributed by atoms with Crippen LogP contribution in [0.3, 0.4) is 0 Å². The number of hydrogen-bond acceptors (Lipinski definition) is 6. The summed E-state index contributed by atoms with van der Waals surface area (Å²) in [6, 6.07) is 13.5. The van der Waals surface area contributed by atoms with Crippen LogP contribution in [0.25, 0.3) is 0 Å². The first kappa shape index (κ1) is 24.7. The number of methoxy groups -OCH3 is 1. The highest BCUT2D eigenvalue weighted by molar-refractivity contribution is 7.89. The van der Waals surface area contributed by atoms with Crippen LogP contribution in [0.5, 0.6) is 5.75 Å². The van der Waals surface area contributed by atoms with Gasteiger partial charge in [-0.3, -0.25) is 14.5 Å². The molecule has 2 amide bonds. The number of aryl methyl sites for hydroxylation is 1. The Morgan fingerprint density at radius 3 is 2.18 bits per heavy atom. The summed E-state index contributed by atoms with van der Waals surface area (Å²) in [4.78, 5) is 28.8. The molecule has 9 nitrogen and oxygen atoms in total. The van der Waals surface area contributed by atoms with Gasteiger partial charge < -0.3 is 15.0 Å². The van der Waals surface area contributed by atoms with E-state index >= 15 is 0 Å². The standard InChI is InChI=1S/C23H30N4O5S/c1-32-20-7-2-18(3-8-20)4-11-23(29)27-16-14-26(15-17-27)13-12-22(28)25-19-5-9-21(10-6-19)33(24,30)31/h2-3,5-10H,4,11-17H2,1H3,(H,25,28)(H2,24,30,31). The Hall–Kier alpha value is -2.95. The fourth-order valence-electron chi connectivity index (χ4n) is 3.63. The summed E-state index contributed by atoms with van der Waals surface area (Å²) < 4.78 is 27.7. The number of nitrogens with one attached hydrogen (secondary N) is 1. The van der Waals surface area contributed by atoms with Crippen LogP contribution >= 0.6 is 0 Å². The first-order chi connectivity index (χ1) is 15.7. The van der Waals surface area contributed by atoms with Crippen molar-refractivity contribution in [3.63, 3.8) is 0 Å². The van der Waals surface area contributed by atoms with Crippen LogP contribution < -0.4 is 15.2 Å². The number of primary sulfonamides is 1. The number of piperazine rings is 1. The first-order valence-corrected chi connectivity index (χ1v) is 12.3. The number of nitrogens with two attached hydrogens (primary N) is 1. The second-order valence-electron chi connectivity index (χ2n) is 7.94. The number of sulfonamides is 1. The predicted molar refractivity (Wildman–Crippen MR) is 125 cm³/mol. The highest BCUT2D eigenvalue weighted by Gasteiger charge is 2.21. The van der Waals surface area contributed by atoms with Gasteiger partial charge in [0.05, 0.1) is 12.0 Å². The van der Waals surface area contributed by atoms with Crippen molar-refractivity contribution in [2.24, 2.45) is 5.14 Å². The van der Waals surface area contributed by atoms with Gasteiger partial charge in [0.25, 0.3) is 0 Å². The van der Waals surface area contributed by atoms with Crippen LogP contribution in [0.4, 0.5) is 5.69 Å². The molecule has 10 heteroatoms. The summed E-state index contributed by atoms with van der Waals surface area (Å²) in [7, 11) is -2.13. The third-order valence-corrected chi connectivity index (χ3v) is 6.56. The summed E-state index contributed by atoms with van der Waals surface area (Å²) >= 11 is 0. The zero-order chi connectivity index (χ0) is 23.8. The normalized spacial score (nSPS) is 14.7. The molecule has 0 aliphatic carbocycles. The highest BCUT2D eigenvalue weighted by atomic mass is 32.2. The molecule has 0 aromatic heterocycles. The van der Waals surface area contributed by atoms with Gasteiger partial charge in [-0.25, -0.2) is 13.6 Å². The van der Waals surface area contributed by atoms with Gasteiger partial charge in [0.2, 0.25) is 21.8 Å². The van der Waals surface area contributed by atoms with E-state index in [4.69, 9.17) is 9.88 Å². The molecular formula is C23H30N4O5S. The Bertz CT molecular complexity index is 1050. The number of hydrogen-bond donors (Lipinski definition) is 2. The Kier molecular flexibility index (Phi) is 8.43. The van der Waals surface area contributed by atoms with Crippen LogP contribution in [-0.2, 0) is 26.0 Å². The van der Waals surface area contributed by atoms with Gasteiger partial charge in [-0.2, -0.15) is 0 Å². The number of anilines is 1. The average Bonchev–Trinajstić information content (AvgIpc) is 2.81. The van der Waals surface area contributed by atoms with Crippen LogP contribution in [-0.4, -0.2) is 69.9 Å². The van der Waals surface area contributed by atoms with Crippen molar-refractivity contribution in [3.8, 4) is 5.75 Å². The molecule has 0 spiro atoms. The monoisotopic (exact) mass is 474 g/mol. The van der Waals surface area contributed by atoms with E-state index in [0.29, 0.717) is 44.6 Å². The molecule has 2 aromatic carbocycles. The molecule has 0 bridgehead atoms. The summed E-state index contributed by atoms with van der Waals surface area (Å²) in [5, 5.41) is 7.82. The molecule has 0 unspecified atom stereocenters. The molecule has 0 radical (unpaired) electrons. The minimum Gasteiger partial charge on any atom is -0.497 e. The van der Waals surface area contributed by atoms with E-state index in [0.717, 1.165) is 24.4 Å². The molecule has 0 atom stereocenters. The number of nitrogens with zero attached hydrogens (tertiary/aromatic N) is 2. The topological polar surface area (TPSA) is 122 Å². The van der Waals surface area contributed by atoms with Crippen LogP contribution in [0.1, 0.15) is 18.4 Å². The SMILES string of the molecule is COc1ccc(CCC(=O)N2CCN(CCC(=O)Nc3ccc(S(N)(=O)=O)cc3)CC2)cc1. The second-order valence-corrected chi connectivity index (χ2v) is 9.50. The average molecular weight is 475 g/mol. The van der Waals surface area contributed by atoms with Crippen molar-refractivity contribution < 1.29 is 22.7 Å². The summed E-state index contributed by atoms with van der Waals surface area (Å²) in [6.07, 6.45) is 1.47. The van der Waals surface area contributed by atoms with E-state index in [1.165, 1.54) is 24.3 Å². The lowest BCUT2D eigenvalue weighted by molar-refractivity contribution is -0.133. The Balaban J connectivity index is 1.35. The number of carbonyl (C=O) groups is 2. The van der Waals surface area contributed by atoms with Crippen molar-refractivity contribution >= 4 is 27.5 Å². The van der Waals surface area contributed by atoms with Gasteiger partial charge in [0, 0.05) is 51.3 Å². The second kappa shape index (κ2) is 11.3. The van der Waals surface area contributed by atoms with E-state index in [1.807, 2.05) is 29.2 Å². The molecule has 3 rings (SSSR count). The molecule has 1 aliphatic heterocycles. The van der Waals surface area contributed by atoms with Crippen molar-refractivity contribution in [2.75, 3.05) is 45.2 Å². The van der Waals surface area contributed by atoms with E-state index in [1.54, 1.807) is 7.11 Å². The largest absolute Gasteiger partial charge is 0.497 e. The Labute approximate surface area is 194 Å². The zero-order valence-electron chi connectivity index (χ0n) is 18.7. The molecule has 1 fully saturated rings. The third kappa shape index (κ3) is 7.55. The minimum atomic E-state index is -3.76. The Morgan fingerprint density at radius 2 is 1.61 bits per heavy atom.